The minimum absolute atomic E-state index is 0.0509. The number of fused-ring (bicyclic) bond motifs is 2. The maximum Gasteiger partial charge on any atom is 0.341 e. The van der Waals surface area contributed by atoms with Gasteiger partial charge in [-0.25, -0.2) is 4.79 Å². The van der Waals surface area contributed by atoms with Crippen LogP contribution in [0.4, 0.5) is 5.00 Å². The van der Waals surface area contributed by atoms with Crippen LogP contribution in [0, 0.1) is 17.8 Å². The standard InChI is InChI=1S/C19H25NO5S/c1-3-13-9-15(19(23)24-4-2)17(26-13)20-16(21)10-25-18(22)14-8-11-5-6-12(14)7-11/h9,11-12,14H,3-8,10H2,1-2H3,(H,20,21). The molecule has 1 heterocycles. The molecule has 26 heavy (non-hydrogen) atoms. The van der Waals surface area contributed by atoms with E-state index in [0.29, 0.717) is 22.4 Å². The fourth-order valence-corrected chi connectivity index (χ4v) is 5.01. The minimum Gasteiger partial charge on any atom is -0.462 e. The lowest BCUT2D eigenvalue weighted by atomic mass is 9.89. The smallest absolute Gasteiger partial charge is 0.341 e. The molecule has 0 saturated heterocycles. The summed E-state index contributed by atoms with van der Waals surface area (Å²) in [5.74, 6) is -0.134. The molecular weight excluding hydrogens is 354 g/mol. The molecule has 1 N–H and O–H groups in total. The molecule has 0 aromatic carbocycles. The van der Waals surface area contributed by atoms with E-state index < -0.39 is 11.9 Å². The molecule has 3 unspecified atom stereocenters. The van der Waals surface area contributed by atoms with Gasteiger partial charge in [-0.15, -0.1) is 11.3 Å². The number of rotatable bonds is 7. The summed E-state index contributed by atoms with van der Waals surface area (Å²) in [6, 6.07) is 1.74. The van der Waals surface area contributed by atoms with Crippen molar-refractivity contribution in [1.82, 2.24) is 0 Å². The topological polar surface area (TPSA) is 81.7 Å². The van der Waals surface area contributed by atoms with Crippen molar-refractivity contribution in [3.05, 3.63) is 16.5 Å². The van der Waals surface area contributed by atoms with Gasteiger partial charge in [0.25, 0.3) is 5.91 Å². The van der Waals surface area contributed by atoms with Gasteiger partial charge in [-0.2, -0.15) is 0 Å². The third kappa shape index (κ3) is 4.09. The van der Waals surface area contributed by atoms with E-state index in [1.165, 1.54) is 17.8 Å². The third-order valence-corrected chi connectivity index (χ3v) is 6.46. The molecule has 142 valence electrons. The van der Waals surface area contributed by atoms with Crippen LogP contribution in [-0.2, 0) is 25.5 Å². The fourth-order valence-electron chi connectivity index (χ4n) is 4.01. The first-order valence-electron chi connectivity index (χ1n) is 9.28. The summed E-state index contributed by atoms with van der Waals surface area (Å²) < 4.78 is 10.3. The van der Waals surface area contributed by atoms with Crippen molar-refractivity contribution >= 4 is 34.2 Å². The van der Waals surface area contributed by atoms with Crippen molar-refractivity contribution in [2.75, 3.05) is 18.5 Å². The number of carbonyl (C=O) groups is 3. The van der Waals surface area contributed by atoms with Gasteiger partial charge < -0.3 is 14.8 Å². The highest BCUT2D eigenvalue weighted by atomic mass is 32.1. The Balaban J connectivity index is 1.55. The average Bonchev–Trinajstić information content (AvgIpc) is 3.35. The molecule has 2 saturated carbocycles. The van der Waals surface area contributed by atoms with Crippen LogP contribution >= 0.6 is 11.3 Å². The van der Waals surface area contributed by atoms with E-state index in [-0.39, 0.29) is 25.1 Å². The molecule has 1 aromatic rings. The molecule has 0 spiro atoms. The summed E-state index contributed by atoms with van der Waals surface area (Å²) in [6.45, 7) is 3.65. The maximum absolute atomic E-state index is 12.2. The van der Waals surface area contributed by atoms with Crippen LogP contribution in [0.5, 0.6) is 0 Å². The van der Waals surface area contributed by atoms with E-state index in [1.807, 2.05) is 6.92 Å². The lowest BCUT2D eigenvalue weighted by Crippen LogP contribution is -2.27. The summed E-state index contributed by atoms with van der Waals surface area (Å²) in [4.78, 5) is 37.4. The number of ether oxygens (including phenoxy) is 2. The zero-order chi connectivity index (χ0) is 18.7. The Morgan fingerprint density at radius 2 is 2.00 bits per heavy atom. The number of thiophene rings is 1. The lowest BCUT2D eigenvalue weighted by molar-refractivity contribution is -0.153. The lowest BCUT2D eigenvalue weighted by Gasteiger charge is -2.19. The van der Waals surface area contributed by atoms with Gasteiger partial charge in [-0.1, -0.05) is 13.3 Å². The number of hydrogen-bond donors (Lipinski definition) is 1. The Labute approximate surface area is 157 Å². The van der Waals surface area contributed by atoms with Gasteiger partial charge in [-0.05, 0) is 50.5 Å². The zero-order valence-electron chi connectivity index (χ0n) is 15.2. The van der Waals surface area contributed by atoms with Crippen molar-refractivity contribution in [3.63, 3.8) is 0 Å². The van der Waals surface area contributed by atoms with Crippen molar-refractivity contribution in [1.29, 1.82) is 0 Å². The Bertz CT molecular complexity index is 698. The van der Waals surface area contributed by atoms with Gasteiger partial charge in [0.1, 0.15) is 5.00 Å². The molecule has 3 atom stereocenters. The summed E-state index contributed by atoms with van der Waals surface area (Å²) in [6.07, 6.45) is 5.07. The molecule has 0 radical (unpaired) electrons. The van der Waals surface area contributed by atoms with Crippen LogP contribution in [0.3, 0.4) is 0 Å². The van der Waals surface area contributed by atoms with Crippen LogP contribution in [0.15, 0.2) is 6.07 Å². The summed E-state index contributed by atoms with van der Waals surface area (Å²) in [7, 11) is 0. The molecule has 2 aliphatic rings. The number of amides is 1. The molecular formula is C19H25NO5S. The van der Waals surface area contributed by atoms with Crippen molar-refractivity contribution in [2.24, 2.45) is 17.8 Å². The number of esters is 2. The van der Waals surface area contributed by atoms with Gasteiger partial charge in [0, 0.05) is 4.88 Å². The fraction of sp³-hybridized carbons (Fsp3) is 0.632. The number of anilines is 1. The summed E-state index contributed by atoms with van der Waals surface area (Å²) in [5.41, 5.74) is 0.349. The number of aryl methyl sites for hydroxylation is 1. The monoisotopic (exact) mass is 379 g/mol. The first-order chi connectivity index (χ1) is 12.5. The molecule has 1 aromatic heterocycles. The Morgan fingerprint density at radius 1 is 1.19 bits per heavy atom. The summed E-state index contributed by atoms with van der Waals surface area (Å²) in [5, 5.41) is 3.13. The summed E-state index contributed by atoms with van der Waals surface area (Å²) >= 11 is 1.34. The quantitative estimate of drug-likeness (QED) is 0.734. The number of carbonyl (C=O) groups excluding carboxylic acids is 3. The highest BCUT2D eigenvalue weighted by molar-refractivity contribution is 7.16. The predicted octanol–water partition coefficient (Wildman–Crippen LogP) is 3.41. The Morgan fingerprint density at radius 3 is 2.62 bits per heavy atom. The van der Waals surface area contributed by atoms with Crippen molar-refractivity contribution in [3.8, 4) is 0 Å². The minimum atomic E-state index is -0.460. The van der Waals surface area contributed by atoms with Gasteiger partial charge in [0.2, 0.25) is 0 Å². The Hall–Kier alpha value is -1.89. The number of nitrogens with one attached hydrogen (secondary N) is 1. The van der Waals surface area contributed by atoms with Crippen molar-refractivity contribution < 1.29 is 23.9 Å². The molecule has 3 rings (SSSR count). The first-order valence-corrected chi connectivity index (χ1v) is 10.1. The second kappa shape index (κ2) is 8.20. The van der Waals surface area contributed by atoms with Gasteiger partial charge in [0.05, 0.1) is 18.1 Å². The molecule has 0 aliphatic heterocycles. The molecule has 6 nitrogen and oxygen atoms in total. The van der Waals surface area contributed by atoms with Gasteiger partial charge in [-0.3, -0.25) is 9.59 Å². The van der Waals surface area contributed by atoms with Crippen LogP contribution < -0.4 is 5.32 Å². The second-order valence-electron chi connectivity index (χ2n) is 6.97. The highest BCUT2D eigenvalue weighted by Crippen LogP contribution is 2.48. The van der Waals surface area contributed by atoms with E-state index in [4.69, 9.17) is 9.47 Å². The largest absolute Gasteiger partial charge is 0.462 e. The van der Waals surface area contributed by atoms with E-state index in [0.717, 1.165) is 30.6 Å². The van der Waals surface area contributed by atoms with Crippen molar-refractivity contribution in [2.45, 2.75) is 46.0 Å². The van der Waals surface area contributed by atoms with E-state index in [1.54, 1.807) is 13.0 Å². The molecule has 1 amide bonds. The van der Waals surface area contributed by atoms with Crippen LogP contribution in [0.25, 0.3) is 0 Å². The predicted molar refractivity (Wildman–Crippen MR) is 98.2 cm³/mol. The molecule has 2 fully saturated rings. The van der Waals surface area contributed by atoms with E-state index in [2.05, 4.69) is 5.32 Å². The highest BCUT2D eigenvalue weighted by Gasteiger charge is 2.44. The average molecular weight is 379 g/mol. The first kappa shape index (κ1) is 18.9. The Kier molecular flexibility index (Phi) is 5.96. The maximum atomic E-state index is 12.2. The SMILES string of the molecule is CCOC(=O)c1cc(CC)sc1NC(=O)COC(=O)C1CC2CCC1C2. The normalized spacial score (nSPS) is 23.7. The third-order valence-electron chi connectivity index (χ3n) is 5.27. The van der Waals surface area contributed by atoms with Gasteiger partial charge >= 0.3 is 11.9 Å². The van der Waals surface area contributed by atoms with Gasteiger partial charge in [0.15, 0.2) is 6.61 Å². The van der Waals surface area contributed by atoms with E-state index in [9.17, 15) is 14.4 Å². The molecule has 2 aliphatic carbocycles. The van der Waals surface area contributed by atoms with Crippen LogP contribution in [0.2, 0.25) is 0 Å². The van der Waals surface area contributed by atoms with Crippen LogP contribution in [0.1, 0.15) is 54.8 Å². The zero-order valence-corrected chi connectivity index (χ0v) is 16.0. The second-order valence-corrected chi connectivity index (χ2v) is 8.10. The van der Waals surface area contributed by atoms with E-state index >= 15 is 0 Å². The molecule has 7 heteroatoms. The molecule has 2 bridgehead atoms. The number of hydrogen-bond acceptors (Lipinski definition) is 6. The van der Waals surface area contributed by atoms with Crippen LogP contribution in [-0.4, -0.2) is 31.1 Å².